The highest BCUT2D eigenvalue weighted by Gasteiger charge is 2.70. The van der Waals surface area contributed by atoms with E-state index in [1.165, 1.54) is 5.57 Å². The molecule has 8 atom stereocenters. The lowest BCUT2D eigenvalue weighted by Gasteiger charge is -2.71. The second-order valence-electron chi connectivity index (χ2n) is 15.5. The van der Waals surface area contributed by atoms with Crippen molar-refractivity contribution in [3.05, 3.63) is 11.6 Å². The standard InChI is InChI=1S/C30H48O7S/c1-25(2)13-14-29(24(32)33)15-16-30(18-31)19(20(29)17-25)7-8-22-27(5)11-10-23(37-38(34,35)36)26(3,4)21(27)9-12-28(22,30)6/h7,20-23,31H,8-18H2,1-6H3,(H,32,33)(H,34,35,36). The molecule has 8 unspecified atom stereocenters. The van der Waals surface area contributed by atoms with Gasteiger partial charge in [-0.1, -0.05) is 53.2 Å². The zero-order valence-electron chi connectivity index (χ0n) is 24.0. The van der Waals surface area contributed by atoms with Crippen molar-refractivity contribution in [2.45, 2.75) is 112 Å². The summed E-state index contributed by atoms with van der Waals surface area (Å²) >= 11 is 0. The molecule has 5 aliphatic carbocycles. The van der Waals surface area contributed by atoms with Gasteiger partial charge in [0.2, 0.25) is 0 Å². The number of aliphatic carboxylic acids is 1. The van der Waals surface area contributed by atoms with Gasteiger partial charge in [0.05, 0.1) is 18.1 Å². The fourth-order valence-corrected chi connectivity index (χ4v) is 11.7. The number of carboxylic acids is 1. The fourth-order valence-electron chi connectivity index (χ4n) is 11.1. The van der Waals surface area contributed by atoms with E-state index in [0.29, 0.717) is 25.7 Å². The molecule has 4 saturated carbocycles. The van der Waals surface area contributed by atoms with Gasteiger partial charge >= 0.3 is 16.4 Å². The molecule has 4 fully saturated rings. The van der Waals surface area contributed by atoms with E-state index in [0.717, 1.165) is 38.5 Å². The smallest absolute Gasteiger partial charge is 0.397 e. The van der Waals surface area contributed by atoms with E-state index in [2.05, 4.69) is 47.6 Å². The van der Waals surface area contributed by atoms with E-state index in [9.17, 15) is 28.0 Å². The lowest BCUT2D eigenvalue weighted by Crippen LogP contribution is -2.66. The average Bonchev–Trinajstić information content (AvgIpc) is 2.79. The minimum Gasteiger partial charge on any atom is -0.481 e. The topological polar surface area (TPSA) is 121 Å². The van der Waals surface area contributed by atoms with Crippen LogP contribution in [0.15, 0.2) is 11.6 Å². The Morgan fingerprint density at radius 1 is 0.974 bits per heavy atom. The Labute approximate surface area is 228 Å². The first-order valence-electron chi connectivity index (χ1n) is 14.6. The van der Waals surface area contributed by atoms with Gasteiger partial charge in [-0.25, -0.2) is 4.18 Å². The number of aliphatic hydroxyl groups is 1. The van der Waals surface area contributed by atoms with Gasteiger partial charge in [0, 0.05) is 5.41 Å². The lowest BCUT2D eigenvalue weighted by molar-refractivity contribution is -0.212. The third kappa shape index (κ3) is 3.75. The van der Waals surface area contributed by atoms with Crippen molar-refractivity contribution in [3.63, 3.8) is 0 Å². The Bertz CT molecular complexity index is 1140. The molecular formula is C30H48O7S. The van der Waals surface area contributed by atoms with Crippen LogP contribution in [0.1, 0.15) is 106 Å². The molecule has 0 aromatic heterocycles. The Balaban J connectivity index is 1.58. The molecule has 5 aliphatic rings. The van der Waals surface area contributed by atoms with E-state index in [1.807, 2.05) is 0 Å². The second kappa shape index (κ2) is 8.53. The zero-order valence-corrected chi connectivity index (χ0v) is 24.9. The van der Waals surface area contributed by atoms with Crippen molar-refractivity contribution in [2.75, 3.05) is 6.61 Å². The molecule has 7 nitrogen and oxygen atoms in total. The summed E-state index contributed by atoms with van der Waals surface area (Å²) in [4.78, 5) is 12.8. The van der Waals surface area contributed by atoms with Crippen molar-refractivity contribution in [1.29, 1.82) is 0 Å². The minimum atomic E-state index is -4.54. The SMILES string of the molecule is CC1(C)CCC2(C(=O)O)CCC3(CO)C(=CCC4C5(C)CCC(OS(=O)(=O)O)C(C)(C)C5CCC43C)C2C1. The van der Waals surface area contributed by atoms with E-state index in [-0.39, 0.29) is 40.6 Å². The predicted molar refractivity (Wildman–Crippen MR) is 145 cm³/mol. The van der Waals surface area contributed by atoms with Gasteiger partial charge < -0.3 is 10.2 Å². The first-order chi connectivity index (χ1) is 17.4. The van der Waals surface area contributed by atoms with Gasteiger partial charge in [0.25, 0.3) is 0 Å². The van der Waals surface area contributed by atoms with Crippen LogP contribution in [-0.4, -0.2) is 41.9 Å². The summed E-state index contributed by atoms with van der Waals surface area (Å²) in [5.41, 5.74) is -0.614. The van der Waals surface area contributed by atoms with Crippen LogP contribution in [0.5, 0.6) is 0 Å². The number of rotatable bonds is 4. The van der Waals surface area contributed by atoms with Crippen LogP contribution in [0.3, 0.4) is 0 Å². The molecule has 38 heavy (non-hydrogen) atoms. The first-order valence-corrected chi connectivity index (χ1v) is 16.0. The number of allylic oxidation sites excluding steroid dienone is 1. The summed E-state index contributed by atoms with van der Waals surface area (Å²) in [6, 6.07) is 0. The molecule has 0 bridgehead atoms. The van der Waals surface area contributed by atoms with Crippen molar-refractivity contribution in [1.82, 2.24) is 0 Å². The van der Waals surface area contributed by atoms with Gasteiger partial charge in [-0.2, -0.15) is 8.42 Å². The van der Waals surface area contributed by atoms with Crippen LogP contribution in [0.4, 0.5) is 0 Å². The summed E-state index contributed by atoms with van der Waals surface area (Å²) in [6.45, 7) is 13.4. The molecule has 0 radical (unpaired) electrons. The van der Waals surface area contributed by atoms with Crippen LogP contribution in [-0.2, 0) is 19.4 Å². The molecule has 5 rings (SSSR count). The predicted octanol–water partition coefficient (Wildman–Crippen LogP) is 6.03. The quantitative estimate of drug-likeness (QED) is 0.287. The molecule has 216 valence electrons. The number of hydrogen-bond donors (Lipinski definition) is 3. The van der Waals surface area contributed by atoms with E-state index < -0.39 is 38.7 Å². The van der Waals surface area contributed by atoms with E-state index in [4.69, 9.17) is 4.18 Å². The van der Waals surface area contributed by atoms with Crippen LogP contribution in [0, 0.1) is 50.2 Å². The molecule has 0 aliphatic heterocycles. The van der Waals surface area contributed by atoms with Crippen molar-refractivity contribution < 1.29 is 32.2 Å². The summed E-state index contributed by atoms with van der Waals surface area (Å²) in [7, 11) is -4.54. The fraction of sp³-hybridized carbons (Fsp3) is 0.900. The van der Waals surface area contributed by atoms with Crippen LogP contribution in [0.2, 0.25) is 0 Å². The van der Waals surface area contributed by atoms with Crippen molar-refractivity contribution >= 4 is 16.4 Å². The molecular weight excluding hydrogens is 504 g/mol. The summed E-state index contributed by atoms with van der Waals surface area (Å²) in [6.07, 6.45) is 9.51. The van der Waals surface area contributed by atoms with Crippen molar-refractivity contribution in [2.24, 2.45) is 50.2 Å². The lowest BCUT2D eigenvalue weighted by atomic mass is 9.33. The Hall–Kier alpha value is -0.960. The Morgan fingerprint density at radius 2 is 1.63 bits per heavy atom. The summed E-state index contributed by atoms with van der Waals surface area (Å²) < 4.78 is 37.9. The summed E-state index contributed by atoms with van der Waals surface area (Å²) in [5, 5.41) is 21.8. The average molecular weight is 553 g/mol. The molecule has 3 N–H and O–H groups in total. The van der Waals surface area contributed by atoms with E-state index >= 15 is 0 Å². The highest BCUT2D eigenvalue weighted by Crippen LogP contribution is 2.75. The molecule has 0 spiro atoms. The molecule has 0 aromatic rings. The monoisotopic (exact) mass is 552 g/mol. The van der Waals surface area contributed by atoms with Crippen LogP contribution >= 0.6 is 0 Å². The Kier molecular flexibility index (Phi) is 6.41. The number of carbonyl (C=O) groups is 1. The maximum Gasteiger partial charge on any atom is 0.397 e. The largest absolute Gasteiger partial charge is 0.481 e. The molecule has 0 heterocycles. The zero-order chi connectivity index (χ0) is 28.2. The van der Waals surface area contributed by atoms with Crippen LogP contribution in [0.25, 0.3) is 0 Å². The van der Waals surface area contributed by atoms with Gasteiger partial charge in [0.1, 0.15) is 0 Å². The minimum absolute atomic E-state index is 0.0388. The third-order valence-corrected chi connectivity index (χ3v) is 13.7. The Morgan fingerprint density at radius 3 is 2.24 bits per heavy atom. The maximum atomic E-state index is 12.8. The second-order valence-corrected chi connectivity index (χ2v) is 16.5. The number of carboxylic acid groups (broad SMARTS) is 1. The third-order valence-electron chi connectivity index (χ3n) is 13.2. The van der Waals surface area contributed by atoms with Crippen molar-refractivity contribution in [3.8, 4) is 0 Å². The molecule has 0 aromatic carbocycles. The normalized spacial score (nSPS) is 47.5. The van der Waals surface area contributed by atoms with E-state index in [1.54, 1.807) is 0 Å². The highest BCUT2D eigenvalue weighted by molar-refractivity contribution is 7.80. The van der Waals surface area contributed by atoms with Gasteiger partial charge in [-0.05, 0) is 104 Å². The number of fused-ring (bicyclic) bond motifs is 7. The maximum absolute atomic E-state index is 12.8. The van der Waals surface area contributed by atoms with Gasteiger partial charge in [-0.3, -0.25) is 9.35 Å². The molecule has 8 heteroatoms. The number of aliphatic hydroxyl groups excluding tert-OH is 1. The van der Waals surface area contributed by atoms with Gasteiger partial charge in [-0.15, -0.1) is 0 Å². The van der Waals surface area contributed by atoms with Crippen LogP contribution < -0.4 is 0 Å². The molecule has 0 amide bonds. The molecule has 0 saturated heterocycles. The van der Waals surface area contributed by atoms with Gasteiger partial charge in [0.15, 0.2) is 0 Å². The highest BCUT2D eigenvalue weighted by atomic mass is 32.3. The summed E-state index contributed by atoms with van der Waals surface area (Å²) in [5.74, 6) is -0.241. The number of hydrogen-bond acceptors (Lipinski definition) is 5. The first kappa shape index (κ1) is 28.6.